The first-order chi connectivity index (χ1) is 9.11. The number of carbonyl (C=O) groups is 2. The van der Waals surface area contributed by atoms with Crippen molar-refractivity contribution in [2.75, 3.05) is 6.61 Å². The van der Waals surface area contributed by atoms with Crippen LogP contribution < -0.4 is 0 Å². The number of benzene rings is 1. The van der Waals surface area contributed by atoms with E-state index in [1.807, 2.05) is 43.3 Å². The highest BCUT2D eigenvalue weighted by Crippen LogP contribution is 2.04. The average Bonchev–Trinajstić information content (AvgIpc) is 2.42. The molecule has 0 aliphatic carbocycles. The van der Waals surface area contributed by atoms with Crippen LogP contribution in [-0.4, -0.2) is 18.7 Å². The molecule has 0 radical (unpaired) electrons. The molecule has 19 heavy (non-hydrogen) atoms. The van der Waals surface area contributed by atoms with Crippen molar-refractivity contribution in [3.63, 3.8) is 0 Å². The summed E-state index contributed by atoms with van der Waals surface area (Å²) in [5.74, 6) is -0.708. The summed E-state index contributed by atoms with van der Waals surface area (Å²) in [6.07, 6.45) is 0.347. The lowest BCUT2D eigenvalue weighted by Crippen LogP contribution is -2.14. The van der Waals surface area contributed by atoms with Gasteiger partial charge in [-0.3, -0.25) is 0 Å². The Morgan fingerprint density at radius 3 is 1.84 bits per heavy atom. The van der Waals surface area contributed by atoms with Gasteiger partial charge < -0.3 is 9.47 Å². The zero-order valence-electron chi connectivity index (χ0n) is 11.4. The van der Waals surface area contributed by atoms with Crippen LogP contribution in [-0.2, 0) is 14.3 Å². The molecule has 4 heteroatoms. The van der Waals surface area contributed by atoms with E-state index < -0.39 is 12.1 Å². The Balaban J connectivity index is 0.000000443. The Morgan fingerprint density at radius 2 is 1.47 bits per heavy atom. The Hall–Kier alpha value is -2.10. The molecule has 0 heterocycles. The smallest absolute Gasteiger partial charge is 0.434 e. The highest BCUT2D eigenvalue weighted by Gasteiger charge is 2.13. The van der Waals surface area contributed by atoms with Gasteiger partial charge in [0.15, 0.2) is 0 Å². The minimum Gasteiger partial charge on any atom is -0.434 e. The highest BCUT2D eigenvalue weighted by molar-refractivity contribution is 5.93. The van der Waals surface area contributed by atoms with Crippen molar-refractivity contribution in [2.24, 2.45) is 0 Å². The maximum Gasteiger partial charge on any atom is 0.516 e. The van der Waals surface area contributed by atoms with Crippen LogP contribution in [0.15, 0.2) is 48.6 Å². The molecule has 0 aromatic heterocycles. The van der Waals surface area contributed by atoms with Crippen LogP contribution in [0.4, 0.5) is 4.79 Å². The van der Waals surface area contributed by atoms with E-state index in [1.165, 1.54) is 0 Å². The van der Waals surface area contributed by atoms with Crippen molar-refractivity contribution in [2.45, 2.75) is 26.7 Å². The van der Waals surface area contributed by atoms with Gasteiger partial charge in [-0.15, -0.1) is 0 Å². The van der Waals surface area contributed by atoms with E-state index in [1.54, 1.807) is 6.92 Å². The minimum absolute atomic E-state index is 0.187. The third-order valence-electron chi connectivity index (χ3n) is 1.95. The standard InChI is InChI=1S/C9H14O4.C6H6/c1-4-6-7(3)8(10)13-9(11)12-5-2;1-2-4-6-5-3-1/h3-6H2,1-2H3;1-6H. The second-order valence-corrected chi connectivity index (χ2v) is 3.58. The zero-order valence-corrected chi connectivity index (χ0v) is 11.4. The summed E-state index contributed by atoms with van der Waals surface area (Å²) in [4.78, 5) is 21.7. The Bertz CT molecular complexity index is 358. The van der Waals surface area contributed by atoms with Gasteiger partial charge in [0.25, 0.3) is 0 Å². The van der Waals surface area contributed by atoms with Crippen molar-refractivity contribution < 1.29 is 19.1 Å². The van der Waals surface area contributed by atoms with E-state index in [2.05, 4.69) is 16.1 Å². The second kappa shape index (κ2) is 11.0. The molecule has 104 valence electrons. The zero-order chi connectivity index (χ0) is 14.5. The van der Waals surface area contributed by atoms with Gasteiger partial charge in [0.05, 0.1) is 6.61 Å². The van der Waals surface area contributed by atoms with Crippen LogP contribution in [0.2, 0.25) is 0 Å². The van der Waals surface area contributed by atoms with Gasteiger partial charge in [0.1, 0.15) is 0 Å². The van der Waals surface area contributed by atoms with Crippen LogP contribution in [0, 0.1) is 0 Å². The molecule has 0 spiro atoms. The highest BCUT2D eigenvalue weighted by atomic mass is 16.7. The van der Waals surface area contributed by atoms with Gasteiger partial charge in [0, 0.05) is 5.57 Å². The fourth-order valence-electron chi connectivity index (χ4n) is 1.08. The molecular weight excluding hydrogens is 244 g/mol. The molecule has 0 aliphatic heterocycles. The molecular formula is C15H20O4. The molecule has 0 N–H and O–H groups in total. The predicted octanol–water partition coefficient (Wildman–Crippen LogP) is 3.73. The molecule has 0 amide bonds. The van der Waals surface area contributed by atoms with Crippen molar-refractivity contribution in [1.29, 1.82) is 0 Å². The van der Waals surface area contributed by atoms with E-state index >= 15 is 0 Å². The third-order valence-corrected chi connectivity index (χ3v) is 1.95. The number of carbonyl (C=O) groups excluding carboxylic acids is 2. The molecule has 0 atom stereocenters. The lowest BCUT2D eigenvalue weighted by molar-refractivity contribution is -0.135. The molecule has 0 saturated carbocycles. The Labute approximate surface area is 114 Å². The molecule has 4 nitrogen and oxygen atoms in total. The third kappa shape index (κ3) is 9.59. The quantitative estimate of drug-likeness (QED) is 0.472. The van der Waals surface area contributed by atoms with Gasteiger partial charge in [-0.25, -0.2) is 9.59 Å². The van der Waals surface area contributed by atoms with Crippen molar-refractivity contribution >= 4 is 12.1 Å². The fourth-order valence-corrected chi connectivity index (χ4v) is 1.08. The monoisotopic (exact) mass is 264 g/mol. The molecule has 1 rings (SSSR count). The summed E-state index contributed by atoms with van der Waals surface area (Å²) in [6.45, 7) is 7.20. The maximum atomic E-state index is 11.0. The Kier molecular flexibility index (Phi) is 9.80. The molecule has 0 unspecified atom stereocenters. The molecule has 0 saturated heterocycles. The molecule has 0 bridgehead atoms. The fraction of sp³-hybridized carbons (Fsp3) is 0.333. The maximum absolute atomic E-state index is 11.0. The van der Waals surface area contributed by atoms with Crippen molar-refractivity contribution in [3.05, 3.63) is 48.6 Å². The first kappa shape index (κ1) is 16.9. The van der Waals surface area contributed by atoms with Crippen LogP contribution in [0.1, 0.15) is 26.7 Å². The van der Waals surface area contributed by atoms with Crippen molar-refractivity contribution in [1.82, 2.24) is 0 Å². The lowest BCUT2D eigenvalue weighted by atomic mass is 10.2. The first-order valence-electron chi connectivity index (χ1n) is 6.18. The number of hydrogen-bond acceptors (Lipinski definition) is 4. The van der Waals surface area contributed by atoms with Gasteiger partial charge >= 0.3 is 12.1 Å². The van der Waals surface area contributed by atoms with Gasteiger partial charge in [-0.2, -0.15) is 0 Å². The molecule has 1 aromatic rings. The summed E-state index contributed by atoms with van der Waals surface area (Å²) < 4.78 is 8.72. The lowest BCUT2D eigenvalue weighted by Gasteiger charge is -2.03. The first-order valence-corrected chi connectivity index (χ1v) is 6.18. The van der Waals surface area contributed by atoms with Gasteiger partial charge in [0.2, 0.25) is 0 Å². The van der Waals surface area contributed by atoms with E-state index in [0.717, 1.165) is 6.42 Å². The normalized spacial score (nSPS) is 8.74. The summed E-state index contributed by atoms with van der Waals surface area (Å²) in [5, 5.41) is 0. The average molecular weight is 264 g/mol. The summed E-state index contributed by atoms with van der Waals surface area (Å²) in [6, 6.07) is 12.0. The van der Waals surface area contributed by atoms with Crippen LogP contribution >= 0.6 is 0 Å². The predicted molar refractivity (Wildman–Crippen MR) is 73.6 cm³/mol. The van der Waals surface area contributed by atoms with Crippen LogP contribution in [0.3, 0.4) is 0 Å². The summed E-state index contributed by atoms with van der Waals surface area (Å²) in [5.41, 5.74) is 0.288. The van der Waals surface area contributed by atoms with E-state index in [0.29, 0.717) is 6.42 Å². The van der Waals surface area contributed by atoms with E-state index in [-0.39, 0.29) is 12.2 Å². The van der Waals surface area contributed by atoms with Crippen molar-refractivity contribution in [3.8, 4) is 0 Å². The SMILES string of the molecule is C=C(CCC)C(=O)OC(=O)OCC.c1ccccc1. The second-order valence-electron chi connectivity index (χ2n) is 3.58. The molecule has 0 aliphatic rings. The minimum atomic E-state index is -0.968. The number of hydrogen-bond donors (Lipinski definition) is 0. The van der Waals surface area contributed by atoms with E-state index in [9.17, 15) is 9.59 Å². The summed E-state index contributed by atoms with van der Waals surface area (Å²) >= 11 is 0. The largest absolute Gasteiger partial charge is 0.516 e. The molecule has 1 aromatic carbocycles. The van der Waals surface area contributed by atoms with Crippen LogP contribution in [0.25, 0.3) is 0 Å². The summed E-state index contributed by atoms with van der Waals surface area (Å²) in [7, 11) is 0. The van der Waals surface area contributed by atoms with E-state index in [4.69, 9.17) is 0 Å². The Morgan fingerprint density at radius 1 is 1.00 bits per heavy atom. The van der Waals surface area contributed by atoms with Crippen LogP contribution in [0.5, 0.6) is 0 Å². The van der Waals surface area contributed by atoms with Gasteiger partial charge in [-0.05, 0) is 13.3 Å². The molecule has 0 fully saturated rings. The number of ether oxygens (including phenoxy) is 2. The number of esters is 1. The van der Waals surface area contributed by atoms with Gasteiger partial charge in [-0.1, -0.05) is 56.3 Å². The number of rotatable bonds is 4. The topological polar surface area (TPSA) is 52.6 Å².